The molecule has 118 valence electrons. The topological polar surface area (TPSA) is 69.1 Å². The Morgan fingerprint density at radius 1 is 1.13 bits per heavy atom. The van der Waals surface area contributed by atoms with E-state index >= 15 is 0 Å². The zero-order chi connectivity index (χ0) is 16.4. The van der Waals surface area contributed by atoms with Crippen molar-refractivity contribution >= 4 is 11.6 Å². The molecule has 23 heavy (non-hydrogen) atoms. The molecule has 6 nitrogen and oxygen atoms in total. The molecule has 0 bridgehead atoms. The largest absolute Gasteiger partial charge is 0.497 e. The maximum absolute atomic E-state index is 12.2. The number of aromatic nitrogens is 3. The van der Waals surface area contributed by atoms with E-state index in [4.69, 9.17) is 21.1 Å². The molecule has 0 saturated carbocycles. The summed E-state index contributed by atoms with van der Waals surface area (Å²) in [4.78, 5) is 12.2. The first-order chi connectivity index (χ1) is 11.1. The number of rotatable bonds is 4. The summed E-state index contributed by atoms with van der Waals surface area (Å²) in [6.45, 7) is 0. The van der Waals surface area contributed by atoms with E-state index in [0.717, 1.165) is 5.56 Å². The molecule has 7 heteroatoms. The van der Waals surface area contributed by atoms with Gasteiger partial charge in [0.05, 0.1) is 24.9 Å². The highest BCUT2D eigenvalue weighted by molar-refractivity contribution is 6.32. The molecular formula is C16H14ClN3O3. The standard InChI is InChI=1S/C16H14ClN3O3/c1-22-12-5-3-4-10(8-12)15-18-19-16(21)20(15)11-6-7-14(23-2)13(17)9-11/h3-9H,1-2H3,(H,19,21). The molecule has 0 radical (unpaired) electrons. The van der Waals surface area contributed by atoms with Gasteiger partial charge >= 0.3 is 5.69 Å². The van der Waals surface area contributed by atoms with Gasteiger partial charge in [0.2, 0.25) is 0 Å². The molecule has 1 aromatic heterocycles. The van der Waals surface area contributed by atoms with Crippen molar-refractivity contribution in [1.82, 2.24) is 14.8 Å². The quantitative estimate of drug-likeness (QED) is 0.798. The number of nitrogens with one attached hydrogen (secondary N) is 1. The Kier molecular flexibility index (Phi) is 4.08. The van der Waals surface area contributed by atoms with E-state index in [2.05, 4.69) is 10.2 Å². The minimum absolute atomic E-state index is 0.357. The van der Waals surface area contributed by atoms with Crippen LogP contribution in [0, 0.1) is 0 Å². The molecule has 0 aliphatic rings. The fraction of sp³-hybridized carbons (Fsp3) is 0.125. The lowest BCUT2D eigenvalue weighted by Crippen LogP contribution is -2.15. The van der Waals surface area contributed by atoms with Crippen molar-refractivity contribution in [3.05, 3.63) is 58.0 Å². The van der Waals surface area contributed by atoms with Crippen molar-refractivity contribution in [3.8, 4) is 28.6 Å². The smallest absolute Gasteiger partial charge is 0.348 e. The molecule has 1 N–H and O–H groups in total. The Morgan fingerprint density at radius 2 is 1.96 bits per heavy atom. The van der Waals surface area contributed by atoms with Crippen molar-refractivity contribution in [3.63, 3.8) is 0 Å². The number of hydrogen-bond donors (Lipinski definition) is 1. The highest BCUT2D eigenvalue weighted by Crippen LogP contribution is 2.28. The third-order valence-electron chi connectivity index (χ3n) is 3.39. The number of benzene rings is 2. The summed E-state index contributed by atoms with van der Waals surface area (Å²) < 4.78 is 11.8. The van der Waals surface area contributed by atoms with Crippen molar-refractivity contribution in [2.45, 2.75) is 0 Å². The van der Waals surface area contributed by atoms with Crippen LogP contribution in [0.4, 0.5) is 0 Å². The monoisotopic (exact) mass is 331 g/mol. The van der Waals surface area contributed by atoms with E-state index in [1.165, 1.54) is 11.7 Å². The second kappa shape index (κ2) is 6.18. The van der Waals surface area contributed by atoms with Crippen LogP contribution >= 0.6 is 11.6 Å². The Hall–Kier alpha value is -2.73. The zero-order valence-corrected chi connectivity index (χ0v) is 13.3. The van der Waals surface area contributed by atoms with Crippen LogP contribution in [0.1, 0.15) is 0 Å². The van der Waals surface area contributed by atoms with Gasteiger partial charge in [-0.2, -0.15) is 5.10 Å². The van der Waals surface area contributed by atoms with Gasteiger partial charge in [0, 0.05) is 5.56 Å². The van der Waals surface area contributed by atoms with Crippen LogP contribution in [0.15, 0.2) is 47.3 Å². The average molecular weight is 332 g/mol. The number of nitrogens with zero attached hydrogens (tertiary/aromatic N) is 2. The fourth-order valence-electron chi connectivity index (χ4n) is 2.29. The van der Waals surface area contributed by atoms with E-state index in [-0.39, 0.29) is 5.69 Å². The minimum atomic E-state index is -0.357. The van der Waals surface area contributed by atoms with Gasteiger partial charge in [-0.1, -0.05) is 23.7 Å². The number of hydrogen-bond acceptors (Lipinski definition) is 4. The molecule has 0 spiro atoms. The Bertz CT molecular complexity index is 902. The van der Waals surface area contributed by atoms with Gasteiger partial charge in [0.25, 0.3) is 0 Å². The lowest BCUT2D eigenvalue weighted by molar-refractivity contribution is 0.415. The SMILES string of the molecule is COc1cccc(-c2n[nH]c(=O)n2-c2ccc(OC)c(Cl)c2)c1. The van der Waals surface area contributed by atoms with Gasteiger partial charge in [0.1, 0.15) is 11.5 Å². The number of halogens is 1. The summed E-state index contributed by atoms with van der Waals surface area (Å²) in [5, 5.41) is 6.98. The number of ether oxygens (including phenoxy) is 2. The third-order valence-corrected chi connectivity index (χ3v) is 3.69. The molecule has 0 unspecified atom stereocenters. The minimum Gasteiger partial charge on any atom is -0.497 e. The Balaban J connectivity index is 2.16. The molecular weight excluding hydrogens is 318 g/mol. The van der Waals surface area contributed by atoms with E-state index in [1.54, 1.807) is 31.4 Å². The first-order valence-electron chi connectivity index (χ1n) is 6.80. The summed E-state index contributed by atoms with van der Waals surface area (Å²) in [5.41, 5.74) is 0.978. The first-order valence-corrected chi connectivity index (χ1v) is 7.17. The van der Waals surface area contributed by atoms with Crippen LogP contribution in [0.3, 0.4) is 0 Å². The normalized spacial score (nSPS) is 10.6. The lowest BCUT2D eigenvalue weighted by Gasteiger charge is -2.09. The molecule has 3 rings (SSSR count). The van der Waals surface area contributed by atoms with Crippen molar-refractivity contribution in [1.29, 1.82) is 0 Å². The van der Waals surface area contributed by atoms with Crippen LogP contribution in [-0.2, 0) is 0 Å². The van der Waals surface area contributed by atoms with Gasteiger partial charge in [-0.3, -0.25) is 0 Å². The predicted molar refractivity (Wildman–Crippen MR) is 87.7 cm³/mol. The molecule has 2 aromatic carbocycles. The summed E-state index contributed by atoms with van der Waals surface area (Å²) in [6, 6.07) is 12.4. The van der Waals surface area contributed by atoms with E-state index in [0.29, 0.717) is 28.0 Å². The lowest BCUT2D eigenvalue weighted by atomic mass is 10.2. The maximum atomic E-state index is 12.2. The summed E-state index contributed by atoms with van der Waals surface area (Å²) in [6.07, 6.45) is 0. The van der Waals surface area contributed by atoms with Crippen LogP contribution in [0.25, 0.3) is 17.1 Å². The van der Waals surface area contributed by atoms with Gasteiger partial charge in [0.15, 0.2) is 5.82 Å². The summed E-state index contributed by atoms with van der Waals surface area (Å²) in [7, 11) is 3.12. The van der Waals surface area contributed by atoms with E-state index in [9.17, 15) is 4.79 Å². The molecule has 0 saturated heterocycles. The molecule has 0 aliphatic heterocycles. The van der Waals surface area contributed by atoms with Crippen molar-refractivity contribution in [2.24, 2.45) is 0 Å². The molecule has 0 fully saturated rings. The van der Waals surface area contributed by atoms with E-state index in [1.807, 2.05) is 18.2 Å². The van der Waals surface area contributed by atoms with Crippen LogP contribution < -0.4 is 15.2 Å². The summed E-state index contributed by atoms with van der Waals surface area (Å²) >= 11 is 6.15. The van der Waals surface area contributed by atoms with Crippen LogP contribution in [0.2, 0.25) is 5.02 Å². The van der Waals surface area contributed by atoms with Gasteiger partial charge in [-0.05, 0) is 30.3 Å². The molecule has 0 atom stereocenters. The third kappa shape index (κ3) is 2.80. The van der Waals surface area contributed by atoms with E-state index < -0.39 is 0 Å². The van der Waals surface area contributed by atoms with Crippen molar-refractivity contribution in [2.75, 3.05) is 14.2 Å². The Morgan fingerprint density at radius 3 is 2.65 bits per heavy atom. The van der Waals surface area contributed by atoms with Crippen molar-refractivity contribution < 1.29 is 9.47 Å². The highest BCUT2D eigenvalue weighted by atomic mass is 35.5. The molecule has 3 aromatic rings. The maximum Gasteiger partial charge on any atom is 0.348 e. The van der Waals surface area contributed by atoms with Crippen LogP contribution in [0.5, 0.6) is 11.5 Å². The summed E-state index contributed by atoms with van der Waals surface area (Å²) in [5.74, 6) is 1.68. The highest BCUT2D eigenvalue weighted by Gasteiger charge is 2.14. The second-order valence-electron chi connectivity index (χ2n) is 4.74. The predicted octanol–water partition coefficient (Wildman–Crippen LogP) is 2.90. The average Bonchev–Trinajstić information content (AvgIpc) is 2.96. The molecule has 0 aliphatic carbocycles. The number of aromatic amines is 1. The van der Waals surface area contributed by atoms with Gasteiger partial charge < -0.3 is 9.47 Å². The van der Waals surface area contributed by atoms with Gasteiger partial charge in [-0.15, -0.1) is 0 Å². The fourth-order valence-corrected chi connectivity index (χ4v) is 2.54. The van der Waals surface area contributed by atoms with Gasteiger partial charge in [-0.25, -0.2) is 14.5 Å². The Labute approximate surface area is 137 Å². The van der Waals surface area contributed by atoms with Crippen LogP contribution in [-0.4, -0.2) is 29.0 Å². The number of methoxy groups -OCH3 is 2. The zero-order valence-electron chi connectivity index (χ0n) is 12.5. The first kappa shape index (κ1) is 15.2. The molecule has 1 heterocycles. The second-order valence-corrected chi connectivity index (χ2v) is 5.15. The number of H-pyrrole nitrogens is 1. The molecule has 0 amide bonds.